The van der Waals surface area contributed by atoms with Crippen LogP contribution < -0.4 is 5.32 Å². The second-order valence-electron chi connectivity index (χ2n) is 4.72. The largest absolute Gasteiger partial charge is 0.462 e. The highest BCUT2D eigenvalue weighted by molar-refractivity contribution is 7.17. The van der Waals surface area contributed by atoms with E-state index in [0.717, 1.165) is 10.4 Å². The zero-order chi connectivity index (χ0) is 16.2. The van der Waals surface area contributed by atoms with Gasteiger partial charge in [0.15, 0.2) is 0 Å². The summed E-state index contributed by atoms with van der Waals surface area (Å²) in [6.45, 7) is 2.61. The Hall–Kier alpha value is -2.18. The van der Waals surface area contributed by atoms with E-state index in [1.807, 2.05) is 24.3 Å². The van der Waals surface area contributed by atoms with Crippen LogP contribution >= 0.6 is 22.9 Å². The Labute approximate surface area is 142 Å². The average molecular weight is 348 g/mol. The molecule has 2 aromatic heterocycles. The number of halogens is 1. The first kappa shape index (κ1) is 15.7. The van der Waals surface area contributed by atoms with Crippen molar-refractivity contribution < 1.29 is 9.53 Å². The van der Waals surface area contributed by atoms with E-state index >= 15 is 0 Å². The first-order valence-electron chi connectivity index (χ1n) is 7.07. The molecule has 3 rings (SSSR count). The Morgan fingerprint density at radius 1 is 1.35 bits per heavy atom. The number of nitrogens with one attached hydrogen (secondary N) is 1. The lowest BCUT2D eigenvalue weighted by Gasteiger charge is -2.09. The lowest BCUT2D eigenvalue weighted by Crippen LogP contribution is -2.07. The van der Waals surface area contributed by atoms with Crippen LogP contribution in [0.25, 0.3) is 10.2 Å². The molecule has 0 fully saturated rings. The molecule has 5 nitrogen and oxygen atoms in total. The van der Waals surface area contributed by atoms with Crippen LogP contribution in [0.3, 0.4) is 0 Å². The van der Waals surface area contributed by atoms with Crippen molar-refractivity contribution in [3.05, 3.63) is 52.1 Å². The maximum absolute atomic E-state index is 12.1. The molecule has 0 amide bonds. The molecule has 0 saturated heterocycles. The number of nitrogens with zero attached hydrogens (tertiary/aromatic N) is 2. The van der Waals surface area contributed by atoms with Crippen LogP contribution in [0.5, 0.6) is 0 Å². The number of rotatable bonds is 5. The predicted octanol–water partition coefficient (Wildman–Crippen LogP) is 4.13. The molecule has 0 aliphatic carbocycles. The number of hydrogen-bond acceptors (Lipinski definition) is 6. The van der Waals surface area contributed by atoms with Gasteiger partial charge in [-0.1, -0.05) is 29.8 Å². The number of carbonyl (C=O) groups is 1. The molecule has 0 unspecified atom stereocenters. The molecule has 0 saturated carbocycles. The van der Waals surface area contributed by atoms with Gasteiger partial charge in [0, 0.05) is 16.9 Å². The summed E-state index contributed by atoms with van der Waals surface area (Å²) in [7, 11) is 0. The van der Waals surface area contributed by atoms with Gasteiger partial charge in [-0.05, 0) is 18.6 Å². The summed E-state index contributed by atoms with van der Waals surface area (Å²) in [5.74, 6) is 0.230. The minimum atomic E-state index is -0.366. The van der Waals surface area contributed by atoms with E-state index in [-0.39, 0.29) is 5.97 Å². The molecule has 0 atom stereocenters. The standard InChI is InChI=1S/C16H14ClN3O2S/c1-2-22-16(21)11-8-23-15-13(11)14(19-9-20-15)18-7-10-5-3-4-6-12(10)17/h3-6,8-9H,2,7H2,1H3,(H,18,19,20). The fourth-order valence-corrected chi connectivity index (χ4v) is 3.27. The van der Waals surface area contributed by atoms with Crippen molar-refractivity contribution in [2.75, 3.05) is 11.9 Å². The molecule has 1 aromatic carbocycles. The molecule has 0 bridgehead atoms. The molecular formula is C16H14ClN3O2S. The Balaban J connectivity index is 1.93. The first-order valence-corrected chi connectivity index (χ1v) is 8.33. The summed E-state index contributed by atoms with van der Waals surface area (Å²) >= 11 is 7.55. The number of thiophene rings is 1. The van der Waals surface area contributed by atoms with Crippen LogP contribution in [-0.2, 0) is 11.3 Å². The van der Waals surface area contributed by atoms with E-state index in [9.17, 15) is 4.79 Å². The number of esters is 1. The molecule has 3 aromatic rings. The zero-order valence-electron chi connectivity index (χ0n) is 12.4. The molecule has 1 N–H and O–H groups in total. The van der Waals surface area contributed by atoms with Gasteiger partial charge in [0.05, 0.1) is 17.6 Å². The smallest absolute Gasteiger partial charge is 0.339 e. The fraction of sp³-hybridized carbons (Fsp3) is 0.188. The van der Waals surface area contributed by atoms with Gasteiger partial charge in [0.2, 0.25) is 0 Å². The van der Waals surface area contributed by atoms with Crippen molar-refractivity contribution in [1.29, 1.82) is 0 Å². The quantitative estimate of drug-likeness (QED) is 0.703. The van der Waals surface area contributed by atoms with E-state index in [1.165, 1.54) is 17.7 Å². The number of aromatic nitrogens is 2. The summed E-state index contributed by atoms with van der Waals surface area (Å²) in [5, 5.41) is 6.34. The third kappa shape index (κ3) is 3.28. The molecule has 23 heavy (non-hydrogen) atoms. The monoisotopic (exact) mass is 347 g/mol. The highest BCUT2D eigenvalue weighted by atomic mass is 35.5. The van der Waals surface area contributed by atoms with Crippen LogP contribution in [0, 0.1) is 0 Å². The Morgan fingerprint density at radius 2 is 2.17 bits per heavy atom. The van der Waals surface area contributed by atoms with Crippen molar-refractivity contribution in [3.63, 3.8) is 0 Å². The molecular weight excluding hydrogens is 334 g/mol. The number of fused-ring (bicyclic) bond motifs is 1. The highest BCUT2D eigenvalue weighted by Crippen LogP contribution is 2.30. The Kier molecular flexibility index (Phi) is 4.73. The lowest BCUT2D eigenvalue weighted by molar-refractivity contribution is 0.0529. The summed E-state index contributed by atoms with van der Waals surface area (Å²) < 4.78 is 5.09. The SMILES string of the molecule is CCOC(=O)c1csc2ncnc(NCc3ccccc3Cl)c12. The molecule has 0 radical (unpaired) electrons. The fourth-order valence-electron chi connectivity index (χ4n) is 2.19. The van der Waals surface area contributed by atoms with Crippen LogP contribution in [-0.4, -0.2) is 22.5 Å². The molecule has 118 valence electrons. The second-order valence-corrected chi connectivity index (χ2v) is 5.98. The van der Waals surface area contributed by atoms with E-state index in [0.29, 0.717) is 34.9 Å². The van der Waals surface area contributed by atoms with Crippen molar-refractivity contribution in [2.45, 2.75) is 13.5 Å². The van der Waals surface area contributed by atoms with Gasteiger partial charge in [0.25, 0.3) is 0 Å². The average Bonchev–Trinajstić information content (AvgIpc) is 2.99. The minimum Gasteiger partial charge on any atom is -0.462 e. The van der Waals surface area contributed by atoms with Gasteiger partial charge >= 0.3 is 5.97 Å². The maximum atomic E-state index is 12.1. The normalized spacial score (nSPS) is 10.7. The first-order chi connectivity index (χ1) is 11.2. The minimum absolute atomic E-state index is 0.326. The van der Waals surface area contributed by atoms with E-state index in [1.54, 1.807) is 12.3 Å². The van der Waals surface area contributed by atoms with Crippen molar-refractivity contribution in [2.24, 2.45) is 0 Å². The molecule has 7 heteroatoms. The van der Waals surface area contributed by atoms with Crippen molar-refractivity contribution in [1.82, 2.24) is 9.97 Å². The summed E-state index contributed by atoms with van der Waals surface area (Å²) in [6, 6.07) is 7.58. The molecule has 0 spiro atoms. The third-order valence-electron chi connectivity index (χ3n) is 3.27. The Morgan fingerprint density at radius 3 is 2.96 bits per heavy atom. The second kappa shape index (κ2) is 6.93. The van der Waals surface area contributed by atoms with Gasteiger partial charge < -0.3 is 10.1 Å². The van der Waals surface area contributed by atoms with Crippen LogP contribution in [0.4, 0.5) is 5.82 Å². The molecule has 0 aliphatic rings. The number of carbonyl (C=O) groups excluding carboxylic acids is 1. The number of anilines is 1. The summed E-state index contributed by atoms with van der Waals surface area (Å²) in [4.78, 5) is 21.3. The molecule has 2 heterocycles. The van der Waals surface area contributed by atoms with Crippen LogP contribution in [0.2, 0.25) is 5.02 Å². The van der Waals surface area contributed by atoms with Gasteiger partial charge in [-0.2, -0.15) is 0 Å². The van der Waals surface area contributed by atoms with Crippen LogP contribution in [0.15, 0.2) is 36.0 Å². The topological polar surface area (TPSA) is 64.1 Å². The number of benzene rings is 1. The number of ether oxygens (including phenoxy) is 1. The molecule has 0 aliphatic heterocycles. The highest BCUT2D eigenvalue weighted by Gasteiger charge is 2.18. The van der Waals surface area contributed by atoms with Gasteiger partial charge in [0.1, 0.15) is 17.0 Å². The maximum Gasteiger partial charge on any atom is 0.339 e. The van der Waals surface area contributed by atoms with E-state index in [4.69, 9.17) is 16.3 Å². The summed E-state index contributed by atoms with van der Waals surface area (Å²) in [5.41, 5.74) is 1.43. The van der Waals surface area contributed by atoms with Gasteiger partial charge in [-0.3, -0.25) is 0 Å². The zero-order valence-corrected chi connectivity index (χ0v) is 13.9. The lowest BCUT2D eigenvalue weighted by atomic mass is 10.2. The van der Waals surface area contributed by atoms with E-state index < -0.39 is 0 Å². The van der Waals surface area contributed by atoms with Gasteiger partial charge in [-0.25, -0.2) is 14.8 Å². The predicted molar refractivity (Wildman–Crippen MR) is 92.2 cm³/mol. The summed E-state index contributed by atoms with van der Waals surface area (Å²) in [6.07, 6.45) is 1.47. The Bertz CT molecular complexity index is 850. The number of hydrogen-bond donors (Lipinski definition) is 1. The van der Waals surface area contributed by atoms with Gasteiger partial charge in [-0.15, -0.1) is 11.3 Å². The van der Waals surface area contributed by atoms with Crippen molar-refractivity contribution in [3.8, 4) is 0 Å². The van der Waals surface area contributed by atoms with Crippen LogP contribution in [0.1, 0.15) is 22.8 Å². The van der Waals surface area contributed by atoms with E-state index in [2.05, 4.69) is 15.3 Å². The third-order valence-corrected chi connectivity index (χ3v) is 4.52. The van der Waals surface area contributed by atoms with Crippen molar-refractivity contribution >= 4 is 44.9 Å².